The van der Waals surface area contributed by atoms with Crippen molar-refractivity contribution >= 4 is 15.9 Å². The van der Waals surface area contributed by atoms with Gasteiger partial charge in [-0.15, -0.1) is 0 Å². The Hall–Kier alpha value is -0.763. The second-order valence-corrected chi connectivity index (χ2v) is 3.05. The number of hydrogen-bond acceptors (Lipinski definition) is 1. The zero-order valence-corrected chi connectivity index (χ0v) is 7.96. The Bertz CT molecular complexity index is 233. The first-order valence-corrected chi connectivity index (χ1v) is 4.36. The Balaban J connectivity index is 3.02. The van der Waals surface area contributed by atoms with Crippen molar-refractivity contribution in [1.82, 2.24) is 0 Å². The van der Waals surface area contributed by atoms with Crippen molar-refractivity contribution in [2.24, 2.45) is 0 Å². The van der Waals surface area contributed by atoms with Crippen molar-refractivity contribution in [1.29, 1.82) is 0 Å². The van der Waals surface area contributed by atoms with Crippen molar-refractivity contribution in [3.63, 3.8) is 0 Å². The zero-order valence-electron chi connectivity index (χ0n) is 6.96. The molecule has 0 aliphatic carbocycles. The second-order valence-electron chi connectivity index (χ2n) is 2.70. The third kappa shape index (κ3) is 1.83. The molecule has 0 bridgehead atoms. The molecule has 0 unspecified atom stereocenters. The van der Waals surface area contributed by atoms with Crippen molar-refractivity contribution in [3.8, 4) is 0 Å². The van der Waals surface area contributed by atoms with Crippen LogP contribution in [0.1, 0.15) is 5.56 Å². The minimum Gasteiger partial charge on any atom is -0.377 e. The van der Waals surface area contributed by atoms with Gasteiger partial charge >= 0.3 is 0 Å². The molecule has 1 aromatic rings. The lowest BCUT2D eigenvalue weighted by Crippen LogP contribution is -2.10. The van der Waals surface area contributed by atoms with Crippen LogP contribution in [0, 0.1) is 0 Å². The molecule has 1 nitrogen and oxygen atoms in total. The molecule has 1 rings (SSSR count). The van der Waals surface area contributed by atoms with E-state index in [2.05, 4.69) is 53.5 Å². The fourth-order valence-corrected chi connectivity index (χ4v) is 1.40. The normalized spacial score (nSPS) is 9.73. The van der Waals surface area contributed by atoms with Crippen LogP contribution in [0.3, 0.4) is 0 Å². The zero-order chi connectivity index (χ0) is 8.27. The number of anilines is 1. The smallest absolute Gasteiger partial charge is 0.0390 e. The van der Waals surface area contributed by atoms with Gasteiger partial charge in [-0.1, -0.05) is 18.2 Å². The third-order valence-corrected chi connectivity index (χ3v) is 2.04. The molecule has 0 atom stereocenters. The van der Waals surface area contributed by atoms with Gasteiger partial charge in [0, 0.05) is 30.0 Å². The number of nitrogens with zero attached hydrogens (tertiary/aromatic N) is 1. The van der Waals surface area contributed by atoms with Crippen LogP contribution in [0.2, 0.25) is 0 Å². The van der Waals surface area contributed by atoms with Crippen LogP contribution in [-0.4, -0.2) is 24.3 Å². The first-order chi connectivity index (χ1) is 5.25. The topological polar surface area (TPSA) is 3.24 Å². The molecule has 0 spiro atoms. The van der Waals surface area contributed by atoms with Crippen LogP contribution in [0.25, 0.3) is 0 Å². The Morgan fingerprint density at radius 2 is 1.91 bits per heavy atom. The Kier molecular flexibility index (Phi) is 2.71. The minimum absolute atomic E-state index is 0.911. The largest absolute Gasteiger partial charge is 0.377 e. The lowest BCUT2D eigenvalue weighted by Gasteiger charge is -2.15. The molecule has 0 aliphatic heterocycles. The van der Waals surface area contributed by atoms with Crippen molar-refractivity contribution in [2.75, 3.05) is 19.0 Å². The molecular weight excluding hydrogens is 150 g/mol. The van der Waals surface area contributed by atoms with Crippen LogP contribution >= 0.6 is 0 Å². The maximum atomic E-state index is 3.50. The van der Waals surface area contributed by atoms with Crippen LogP contribution < -0.4 is 4.90 Å². The highest BCUT2D eigenvalue weighted by atomic mass is 28.1. The van der Waals surface area contributed by atoms with E-state index in [0.717, 1.165) is 6.04 Å². The lowest BCUT2D eigenvalue weighted by atomic mass is 10.2. The monoisotopic (exact) mass is 162 g/mol. The molecule has 0 amide bonds. The fourth-order valence-electron chi connectivity index (χ4n) is 1.10. The summed E-state index contributed by atoms with van der Waals surface area (Å²) in [5.74, 6) is 0. The van der Waals surface area contributed by atoms with Crippen LogP contribution in [0.15, 0.2) is 24.3 Å². The fraction of sp³-hybridized carbons (Fsp3) is 0.333. The first-order valence-electron chi connectivity index (χ1n) is 3.65. The minimum atomic E-state index is 0.911. The van der Waals surface area contributed by atoms with E-state index in [-0.39, 0.29) is 0 Å². The molecule has 0 aliphatic rings. The van der Waals surface area contributed by atoms with E-state index < -0.39 is 0 Å². The van der Waals surface area contributed by atoms with E-state index in [1.54, 1.807) is 0 Å². The molecule has 0 fully saturated rings. The SMILES string of the molecule is CN(C)c1ccccc1C[Si]. The summed E-state index contributed by atoms with van der Waals surface area (Å²) in [6, 6.07) is 9.27. The van der Waals surface area contributed by atoms with Crippen LogP contribution in [0.5, 0.6) is 0 Å². The summed E-state index contributed by atoms with van der Waals surface area (Å²) in [7, 11) is 7.61. The maximum Gasteiger partial charge on any atom is 0.0390 e. The highest BCUT2D eigenvalue weighted by molar-refractivity contribution is 6.08. The molecule has 2 heteroatoms. The van der Waals surface area contributed by atoms with Gasteiger partial charge in [0.15, 0.2) is 0 Å². The average molecular weight is 162 g/mol. The summed E-state index contributed by atoms with van der Waals surface area (Å²) in [5, 5.41) is 0. The standard InChI is InChI=1S/C9H12NSi/c1-10(2)9-6-4-3-5-8(9)7-11/h3-6H,7H2,1-2H3. The van der Waals surface area contributed by atoms with E-state index in [1.807, 2.05) is 0 Å². The molecule has 1 aromatic carbocycles. The van der Waals surface area contributed by atoms with E-state index in [4.69, 9.17) is 0 Å². The van der Waals surface area contributed by atoms with E-state index in [0.29, 0.717) is 0 Å². The lowest BCUT2D eigenvalue weighted by molar-refractivity contribution is 1.11. The molecule has 57 valence electrons. The van der Waals surface area contributed by atoms with Gasteiger partial charge in [-0.3, -0.25) is 0 Å². The molecule has 0 heterocycles. The van der Waals surface area contributed by atoms with Crippen LogP contribution in [0.4, 0.5) is 5.69 Å². The molecule has 0 aromatic heterocycles. The van der Waals surface area contributed by atoms with Gasteiger partial charge in [-0.2, -0.15) is 0 Å². The Morgan fingerprint density at radius 1 is 1.27 bits per heavy atom. The van der Waals surface area contributed by atoms with Gasteiger partial charge in [0.2, 0.25) is 0 Å². The molecule has 3 radical (unpaired) electrons. The summed E-state index contributed by atoms with van der Waals surface area (Å²) < 4.78 is 0. The predicted molar refractivity (Wildman–Crippen MR) is 50.2 cm³/mol. The summed E-state index contributed by atoms with van der Waals surface area (Å²) in [6.45, 7) is 0. The molecule has 0 N–H and O–H groups in total. The predicted octanol–water partition coefficient (Wildman–Crippen LogP) is 1.42. The second kappa shape index (κ2) is 3.58. The number of para-hydroxylation sites is 1. The van der Waals surface area contributed by atoms with Gasteiger partial charge in [-0.05, 0) is 17.7 Å². The van der Waals surface area contributed by atoms with Crippen LogP contribution in [-0.2, 0) is 6.04 Å². The summed E-state index contributed by atoms with van der Waals surface area (Å²) in [4.78, 5) is 2.12. The molecule has 11 heavy (non-hydrogen) atoms. The van der Waals surface area contributed by atoms with Crippen molar-refractivity contribution in [3.05, 3.63) is 29.8 Å². The Morgan fingerprint density at radius 3 is 2.36 bits per heavy atom. The third-order valence-electron chi connectivity index (χ3n) is 1.66. The Labute approximate surface area is 71.5 Å². The van der Waals surface area contributed by atoms with Gasteiger partial charge in [0.25, 0.3) is 0 Å². The maximum absolute atomic E-state index is 3.50. The molecule has 0 saturated carbocycles. The van der Waals surface area contributed by atoms with Gasteiger partial charge in [-0.25, -0.2) is 0 Å². The number of benzene rings is 1. The highest BCUT2D eigenvalue weighted by Gasteiger charge is 1.99. The van der Waals surface area contributed by atoms with Crippen molar-refractivity contribution in [2.45, 2.75) is 6.04 Å². The molecule has 0 saturated heterocycles. The average Bonchev–Trinajstić information content (AvgIpc) is 2.04. The van der Waals surface area contributed by atoms with E-state index in [9.17, 15) is 0 Å². The van der Waals surface area contributed by atoms with Gasteiger partial charge in [0.1, 0.15) is 0 Å². The van der Waals surface area contributed by atoms with Gasteiger partial charge in [0.05, 0.1) is 0 Å². The van der Waals surface area contributed by atoms with E-state index in [1.165, 1.54) is 11.3 Å². The van der Waals surface area contributed by atoms with E-state index >= 15 is 0 Å². The first kappa shape index (κ1) is 8.33. The summed E-state index contributed by atoms with van der Waals surface area (Å²) >= 11 is 0. The summed E-state index contributed by atoms with van der Waals surface area (Å²) in [5.41, 5.74) is 2.61. The quantitative estimate of drug-likeness (QED) is 0.595. The van der Waals surface area contributed by atoms with Crippen molar-refractivity contribution < 1.29 is 0 Å². The highest BCUT2D eigenvalue weighted by Crippen LogP contribution is 2.16. The number of hydrogen-bond donors (Lipinski definition) is 0. The molecular formula is C9H12NSi. The summed E-state index contributed by atoms with van der Waals surface area (Å²) in [6.07, 6.45) is 0. The van der Waals surface area contributed by atoms with Gasteiger partial charge < -0.3 is 4.90 Å². The number of rotatable bonds is 2.